The number of carbonyl (C=O) groups excluding carboxylic acids is 2. The Morgan fingerprint density at radius 3 is 2.48 bits per heavy atom. The Bertz CT molecular complexity index is 1410. The third-order valence-electron chi connectivity index (χ3n) is 6.87. The molecule has 3 aromatic carbocycles. The average molecular weight is 593 g/mol. The van der Waals surface area contributed by atoms with Crippen LogP contribution in [0.5, 0.6) is 0 Å². The van der Waals surface area contributed by atoms with Gasteiger partial charge in [0.05, 0.1) is 16.9 Å². The van der Waals surface area contributed by atoms with E-state index in [4.69, 9.17) is 11.6 Å². The molecule has 3 aromatic rings. The van der Waals surface area contributed by atoms with Crippen molar-refractivity contribution in [2.24, 2.45) is 0 Å². The lowest BCUT2D eigenvalue weighted by Gasteiger charge is -2.36. The maximum atomic E-state index is 14.0. The molecule has 1 saturated heterocycles. The number of thioether (sulfide) groups is 1. The van der Waals surface area contributed by atoms with Gasteiger partial charge in [-0.25, -0.2) is 4.39 Å². The largest absolute Gasteiger partial charge is 0.416 e. The lowest BCUT2D eigenvalue weighted by molar-refractivity contribution is -0.137. The van der Waals surface area contributed by atoms with Crippen LogP contribution >= 0.6 is 23.4 Å². The quantitative estimate of drug-likeness (QED) is 0.337. The molecule has 1 atom stereocenters. The lowest BCUT2D eigenvalue weighted by Crippen LogP contribution is -2.49. The maximum Gasteiger partial charge on any atom is 0.416 e. The Morgan fingerprint density at radius 2 is 1.75 bits per heavy atom. The summed E-state index contributed by atoms with van der Waals surface area (Å²) in [5, 5.41) is 6.36. The molecule has 0 radical (unpaired) electrons. The van der Waals surface area contributed by atoms with E-state index >= 15 is 0 Å². The van der Waals surface area contributed by atoms with Gasteiger partial charge < -0.3 is 20.4 Å². The van der Waals surface area contributed by atoms with Crippen molar-refractivity contribution >= 4 is 52.2 Å². The number of halogens is 5. The van der Waals surface area contributed by atoms with Crippen LogP contribution in [0.3, 0.4) is 0 Å². The molecule has 40 heavy (non-hydrogen) atoms. The van der Waals surface area contributed by atoms with Gasteiger partial charge in [-0.15, -0.1) is 0 Å². The van der Waals surface area contributed by atoms with Crippen LogP contribution in [-0.2, 0) is 16.7 Å². The SMILES string of the molecule is O=C1Nc2cc(C(=O)N3CCN(c4cccc(C(F)(F)F)c4)CC3)ccc2NC1CSCc1c(F)cccc1Cl. The molecule has 1 fully saturated rings. The van der Waals surface area contributed by atoms with E-state index in [0.717, 1.165) is 12.1 Å². The number of amides is 2. The average Bonchev–Trinajstić information content (AvgIpc) is 2.94. The fourth-order valence-electron chi connectivity index (χ4n) is 4.68. The summed E-state index contributed by atoms with van der Waals surface area (Å²) in [5.74, 6) is -0.176. The third kappa shape index (κ3) is 6.15. The third-order valence-corrected chi connectivity index (χ3v) is 8.28. The van der Waals surface area contributed by atoms with Crippen LogP contribution in [0.15, 0.2) is 60.7 Å². The Labute approximate surface area is 237 Å². The van der Waals surface area contributed by atoms with Crippen LogP contribution in [-0.4, -0.2) is 54.7 Å². The van der Waals surface area contributed by atoms with Crippen LogP contribution in [0.4, 0.5) is 34.6 Å². The molecular formula is C28H25ClF4N4O2S. The molecule has 210 valence electrons. The molecule has 1 unspecified atom stereocenters. The van der Waals surface area contributed by atoms with Gasteiger partial charge in [0.1, 0.15) is 11.9 Å². The highest BCUT2D eigenvalue weighted by molar-refractivity contribution is 7.98. The minimum Gasteiger partial charge on any atom is -0.371 e. The first-order chi connectivity index (χ1) is 19.1. The minimum atomic E-state index is -4.42. The van der Waals surface area contributed by atoms with Crippen molar-refractivity contribution in [1.29, 1.82) is 0 Å². The standard InChI is InChI=1S/C28H25ClF4N4O2S/c29-21-5-2-6-22(30)20(21)15-40-16-25-26(38)35-24-13-17(7-8-23(24)34-25)27(39)37-11-9-36(10-12-37)19-4-1-3-18(14-19)28(31,32)33/h1-8,13-14,25,34H,9-12,15-16H2,(H,35,38). The van der Waals surface area contributed by atoms with E-state index < -0.39 is 17.8 Å². The van der Waals surface area contributed by atoms with Crippen LogP contribution < -0.4 is 15.5 Å². The first-order valence-corrected chi connectivity index (χ1v) is 14.1. The number of carbonyl (C=O) groups is 2. The van der Waals surface area contributed by atoms with E-state index in [-0.39, 0.29) is 17.6 Å². The van der Waals surface area contributed by atoms with Crippen molar-refractivity contribution in [2.75, 3.05) is 47.5 Å². The topological polar surface area (TPSA) is 64.7 Å². The van der Waals surface area contributed by atoms with Gasteiger partial charge in [0, 0.05) is 59.5 Å². The number of fused-ring (bicyclic) bond motifs is 1. The fraction of sp³-hybridized carbons (Fsp3) is 0.286. The summed E-state index contributed by atoms with van der Waals surface area (Å²) < 4.78 is 53.3. The summed E-state index contributed by atoms with van der Waals surface area (Å²) in [6.45, 7) is 1.49. The molecule has 0 saturated carbocycles. The van der Waals surface area contributed by atoms with Gasteiger partial charge in [0.15, 0.2) is 0 Å². The van der Waals surface area contributed by atoms with Gasteiger partial charge in [-0.05, 0) is 48.5 Å². The van der Waals surface area contributed by atoms with E-state index in [9.17, 15) is 27.2 Å². The van der Waals surface area contributed by atoms with E-state index in [1.54, 1.807) is 41.3 Å². The summed E-state index contributed by atoms with van der Waals surface area (Å²) in [6.07, 6.45) is -4.42. The Morgan fingerprint density at radius 1 is 1.00 bits per heavy atom. The van der Waals surface area contributed by atoms with Gasteiger partial charge in [0.2, 0.25) is 5.91 Å². The summed E-state index contributed by atoms with van der Waals surface area (Å²) in [6, 6.07) is 14.2. The molecule has 0 bridgehead atoms. The predicted molar refractivity (Wildman–Crippen MR) is 150 cm³/mol. The van der Waals surface area contributed by atoms with Crippen molar-refractivity contribution in [3.63, 3.8) is 0 Å². The smallest absolute Gasteiger partial charge is 0.371 e. The highest BCUT2D eigenvalue weighted by Gasteiger charge is 2.32. The molecular weight excluding hydrogens is 568 g/mol. The summed E-state index contributed by atoms with van der Waals surface area (Å²) >= 11 is 7.46. The first-order valence-electron chi connectivity index (χ1n) is 12.5. The normalized spacial score (nSPS) is 17.2. The minimum absolute atomic E-state index is 0.222. The highest BCUT2D eigenvalue weighted by Crippen LogP contribution is 2.33. The second kappa shape index (κ2) is 11.6. The van der Waals surface area contributed by atoms with Gasteiger partial charge >= 0.3 is 6.18 Å². The molecule has 2 amide bonds. The zero-order valence-electron chi connectivity index (χ0n) is 21.1. The van der Waals surface area contributed by atoms with Crippen molar-refractivity contribution < 1.29 is 27.2 Å². The highest BCUT2D eigenvalue weighted by atomic mass is 35.5. The second-order valence-electron chi connectivity index (χ2n) is 9.49. The number of nitrogens with zero attached hydrogens (tertiary/aromatic N) is 2. The number of hydrogen-bond acceptors (Lipinski definition) is 5. The van der Waals surface area contributed by atoms with Crippen LogP contribution in [0, 0.1) is 5.82 Å². The monoisotopic (exact) mass is 592 g/mol. The van der Waals surface area contributed by atoms with Gasteiger partial charge in [-0.3, -0.25) is 9.59 Å². The molecule has 2 N–H and O–H groups in total. The number of hydrogen-bond donors (Lipinski definition) is 2. The van der Waals surface area contributed by atoms with Crippen molar-refractivity contribution in [3.05, 3.63) is 88.2 Å². The van der Waals surface area contributed by atoms with Gasteiger partial charge in [-0.1, -0.05) is 23.7 Å². The number of nitrogens with one attached hydrogen (secondary N) is 2. The van der Waals surface area contributed by atoms with Gasteiger partial charge in [0.25, 0.3) is 5.91 Å². The zero-order chi connectivity index (χ0) is 28.4. The maximum absolute atomic E-state index is 14.0. The van der Waals surface area contributed by atoms with Crippen molar-refractivity contribution in [3.8, 4) is 0 Å². The second-order valence-corrected chi connectivity index (χ2v) is 10.9. The molecule has 2 aliphatic heterocycles. The Balaban J connectivity index is 1.17. The summed E-state index contributed by atoms with van der Waals surface area (Å²) in [4.78, 5) is 29.4. The van der Waals surface area contributed by atoms with E-state index in [2.05, 4.69) is 10.6 Å². The van der Waals surface area contributed by atoms with Crippen LogP contribution in [0.1, 0.15) is 21.5 Å². The van der Waals surface area contributed by atoms with Crippen molar-refractivity contribution in [2.45, 2.75) is 18.0 Å². The zero-order valence-corrected chi connectivity index (χ0v) is 22.7. The molecule has 5 rings (SSSR count). The van der Waals surface area contributed by atoms with Crippen LogP contribution in [0.2, 0.25) is 5.02 Å². The molecule has 2 heterocycles. The molecule has 2 aliphatic rings. The number of rotatable bonds is 6. The predicted octanol–water partition coefficient (Wildman–Crippen LogP) is 6.13. The number of anilines is 3. The molecule has 12 heteroatoms. The Kier molecular flexibility index (Phi) is 8.14. The van der Waals surface area contributed by atoms with E-state index in [0.29, 0.717) is 70.9 Å². The number of alkyl halides is 3. The molecule has 0 spiro atoms. The lowest BCUT2D eigenvalue weighted by atomic mass is 10.1. The first kappa shape index (κ1) is 28.1. The Hall–Kier alpha value is -3.44. The fourth-order valence-corrected chi connectivity index (χ4v) is 6.07. The molecule has 0 aliphatic carbocycles. The van der Waals surface area contributed by atoms with Gasteiger partial charge in [-0.2, -0.15) is 24.9 Å². The number of benzene rings is 3. The van der Waals surface area contributed by atoms with E-state index in [1.807, 2.05) is 4.90 Å². The van der Waals surface area contributed by atoms with Crippen molar-refractivity contribution in [1.82, 2.24) is 4.90 Å². The van der Waals surface area contributed by atoms with Crippen LogP contribution in [0.25, 0.3) is 0 Å². The summed E-state index contributed by atoms with van der Waals surface area (Å²) in [7, 11) is 0. The molecule has 6 nitrogen and oxygen atoms in total. The van der Waals surface area contributed by atoms with E-state index in [1.165, 1.54) is 23.9 Å². The molecule has 0 aromatic heterocycles. The number of piperazine rings is 1. The summed E-state index contributed by atoms with van der Waals surface area (Å²) in [5.41, 5.74) is 1.70.